The summed E-state index contributed by atoms with van der Waals surface area (Å²) in [7, 11) is 0. The van der Waals surface area contributed by atoms with Crippen LogP contribution in [0.2, 0.25) is 0 Å². The van der Waals surface area contributed by atoms with Gasteiger partial charge in [0.05, 0.1) is 0 Å². The maximum atomic E-state index is 5.60. The van der Waals surface area contributed by atoms with E-state index < -0.39 is 0 Å². The van der Waals surface area contributed by atoms with E-state index in [4.69, 9.17) is 11.6 Å². The molecule has 0 heterocycles. The molecule has 0 saturated carbocycles. The van der Waals surface area contributed by atoms with Crippen molar-refractivity contribution in [2.45, 2.75) is 71.1 Å². The second kappa shape index (κ2) is 16.7. The summed E-state index contributed by atoms with van der Waals surface area (Å²) in [6.45, 7) is 2.27. The molecule has 0 nitrogen and oxygen atoms in total. The van der Waals surface area contributed by atoms with Crippen LogP contribution in [0, 0.1) is 0 Å². The summed E-state index contributed by atoms with van der Waals surface area (Å²) in [4.78, 5) is 0. The maximum absolute atomic E-state index is 5.60. The molecule has 0 aromatic heterocycles. The second-order valence-electron chi connectivity index (χ2n) is 3.87. The Balaban J connectivity index is 0. The van der Waals surface area contributed by atoms with Gasteiger partial charge in [-0.15, -0.1) is 11.6 Å². The van der Waals surface area contributed by atoms with Crippen LogP contribution in [-0.4, -0.2) is 35.4 Å². The normalized spacial score (nSPS) is 9.86. The third-order valence-corrected chi connectivity index (χ3v) is 2.75. The monoisotopic (exact) mass is 228 g/mol. The Bertz CT molecular complexity index is 76.4. The zero-order valence-corrected chi connectivity index (χ0v) is 9.91. The van der Waals surface area contributed by atoms with Crippen molar-refractivity contribution in [3.05, 3.63) is 0 Å². The first-order chi connectivity index (χ1) is 6.41. The van der Waals surface area contributed by atoms with E-state index in [9.17, 15) is 0 Å². The molecular formula is C12H26ClNa. The number of hydrogen-bond acceptors (Lipinski definition) is 0. The molecule has 0 radical (unpaired) electrons. The van der Waals surface area contributed by atoms with Crippen molar-refractivity contribution in [2.75, 3.05) is 5.88 Å². The van der Waals surface area contributed by atoms with E-state index in [1.807, 2.05) is 0 Å². The zero-order valence-electron chi connectivity index (χ0n) is 9.16. The molecule has 0 N–H and O–H groups in total. The van der Waals surface area contributed by atoms with Gasteiger partial charge in [0.15, 0.2) is 0 Å². The molecule has 0 unspecified atom stereocenters. The molecule has 0 bridgehead atoms. The van der Waals surface area contributed by atoms with Gasteiger partial charge in [-0.2, -0.15) is 0 Å². The summed E-state index contributed by atoms with van der Waals surface area (Å²) in [6, 6.07) is 0. The van der Waals surface area contributed by atoms with Crippen molar-refractivity contribution < 1.29 is 0 Å². The molecule has 82 valence electrons. The molecular weight excluding hydrogens is 203 g/mol. The predicted molar refractivity (Wildman–Crippen MR) is 69.7 cm³/mol. The molecule has 0 fully saturated rings. The van der Waals surface area contributed by atoms with Crippen LogP contribution in [0.1, 0.15) is 71.1 Å². The van der Waals surface area contributed by atoms with Gasteiger partial charge < -0.3 is 0 Å². The van der Waals surface area contributed by atoms with E-state index in [1.165, 1.54) is 64.2 Å². The molecule has 0 saturated heterocycles. The van der Waals surface area contributed by atoms with Gasteiger partial charge in [-0.25, -0.2) is 0 Å². The number of hydrogen-bond donors (Lipinski definition) is 0. The first-order valence-corrected chi connectivity index (χ1v) is 6.51. The number of unbranched alkanes of at least 4 members (excludes halogenated alkanes) is 9. The van der Waals surface area contributed by atoms with Crippen molar-refractivity contribution in [1.29, 1.82) is 0 Å². The average Bonchev–Trinajstić information content (AvgIpc) is 2.16. The fraction of sp³-hybridized carbons (Fsp3) is 1.00. The minimum absolute atomic E-state index is 0. The Hall–Kier alpha value is 1.29. The molecule has 0 aromatic carbocycles. The van der Waals surface area contributed by atoms with Crippen LogP contribution >= 0.6 is 11.6 Å². The third-order valence-electron chi connectivity index (χ3n) is 2.49. The molecule has 0 aliphatic rings. The zero-order chi connectivity index (χ0) is 9.78. The van der Waals surface area contributed by atoms with Gasteiger partial charge in [-0.3, -0.25) is 0 Å². The minimum atomic E-state index is 0. The van der Waals surface area contributed by atoms with Gasteiger partial charge >= 0.3 is 29.6 Å². The summed E-state index contributed by atoms with van der Waals surface area (Å²) < 4.78 is 0. The summed E-state index contributed by atoms with van der Waals surface area (Å²) in [5.41, 5.74) is 0. The van der Waals surface area contributed by atoms with E-state index >= 15 is 0 Å². The Kier molecular flexibility index (Phi) is 21.1. The van der Waals surface area contributed by atoms with Gasteiger partial charge in [0.2, 0.25) is 0 Å². The molecule has 0 aliphatic heterocycles. The summed E-state index contributed by atoms with van der Waals surface area (Å²) in [6.07, 6.45) is 13.9. The second-order valence-corrected chi connectivity index (χ2v) is 4.25. The van der Waals surface area contributed by atoms with Crippen LogP contribution in [0.4, 0.5) is 0 Å². The van der Waals surface area contributed by atoms with Crippen LogP contribution < -0.4 is 0 Å². The van der Waals surface area contributed by atoms with Crippen molar-refractivity contribution >= 4 is 41.2 Å². The molecule has 0 atom stereocenters. The summed E-state index contributed by atoms with van der Waals surface area (Å²) in [5.74, 6) is 0.844. The fourth-order valence-corrected chi connectivity index (χ4v) is 1.77. The summed E-state index contributed by atoms with van der Waals surface area (Å²) >= 11 is 5.60. The van der Waals surface area contributed by atoms with E-state index in [-0.39, 0.29) is 29.6 Å². The fourth-order valence-electron chi connectivity index (χ4n) is 1.58. The van der Waals surface area contributed by atoms with Crippen LogP contribution in [0.15, 0.2) is 0 Å². The molecule has 0 aliphatic carbocycles. The van der Waals surface area contributed by atoms with Crippen molar-refractivity contribution in [3.8, 4) is 0 Å². The number of halogens is 1. The predicted octanol–water partition coefficient (Wildman–Crippen LogP) is 4.50. The third kappa shape index (κ3) is 15.7. The Morgan fingerprint density at radius 2 is 1.00 bits per heavy atom. The summed E-state index contributed by atoms with van der Waals surface area (Å²) in [5, 5.41) is 0. The van der Waals surface area contributed by atoms with E-state index in [0.717, 1.165) is 5.88 Å². The molecule has 2 heteroatoms. The first kappa shape index (κ1) is 17.7. The van der Waals surface area contributed by atoms with Gasteiger partial charge in [-0.05, 0) is 6.42 Å². The van der Waals surface area contributed by atoms with Crippen molar-refractivity contribution in [2.24, 2.45) is 0 Å². The van der Waals surface area contributed by atoms with Gasteiger partial charge in [0.1, 0.15) is 0 Å². The molecule has 14 heavy (non-hydrogen) atoms. The SMILES string of the molecule is CCCCCCCCCCCCCl.[NaH]. The Morgan fingerprint density at radius 1 is 0.643 bits per heavy atom. The average molecular weight is 229 g/mol. The molecule has 0 rings (SSSR count). The molecule has 0 spiro atoms. The Morgan fingerprint density at radius 3 is 1.36 bits per heavy atom. The molecule has 0 aromatic rings. The van der Waals surface area contributed by atoms with Crippen LogP contribution in [-0.2, 0) is 0 Å². The molecule has 0 amide bonds. The standard InChI is InChI=1S/C12H25Cl.Na.H/c1-2-3-4-5-6-7-8-9-10-11-12-13;;/h2-12H2,1H3;;. The van der Waals surface area contributed by atoms with Crippen LogP contribution in [0.25, 0.3) is 0 Å². The van der Waals surface area contributed by atoms with E-state index in [0.29, 0.717) is 0 Å². The van der Waals surface area contributed by atoms with Gasteiger partial charge in [0, 0.05) is 5.88 Å². The van der Waals surface area contributed by atoms with Gasteiger partial charge in [-0.1, -0.05) is 64.7 Å². The van der Waals surface area contributed by atoms with Crippen molar-refractivity contribution in [1.82, 2.24) is 0 Å². The van der Waals surface area contributed by atoms with Crippen LogP contribution in [0.3, 0.4) is 0 Å². The van der Waals surface area contributed by atoms with E-state index in [2.05, 4.69) is 6.92 Å². The quantitative estimate of drug-likeness (QED) is 0.294. The van der Waals surface area contributed by atoms with Crippen molar-refractivity contribution in [3.63, 3.8) is 0 Å². The van der Waals surface area contributed by atoms with Crippen LogP contribution in [0.5, 0.6) is 0 Å². The van der Waals surface area contributed by atoms with E-state index in [1.54, 1.807) is 0 Å². The number of alkyl halides is 1. The van der Waals surface area contributed by atoms with Gasteiger partial charge in [0.25, 0.3) is 0 Å². The first-order valence-electron chi connectivity index (χ1n) is 5.97. The Labute approximate surface area is 117 Å². The number of rotatable bonds is 10. The topological polar surface area (TPSA) is 0 Å².